The molecule has 3 heteroatoms. The van der Waals surface area contributed by atoms with Crippen LogP contribution in [0, 0.1) is 5.92 Å². The first kappa shape index (κ1) is 11.6. The Morgan fingerprint density at radius 2 is 2.11 bits per heavy atom. The smallest absolute Gasteiger partial charge is 0.122 e. The van der Waals surface area contributed by atoms with Crippen LogP contribution in [0.4, 0.5) is 0 Å². The molecule has 2 N–H and O–H groups in total. The molecule has 96 valence electrons. The average molecular weight is 244 g/mol. The first-order valence-corrected chi connectivity index (χ1v) is 6.71. The van der Waals surface area contributed by atoms with Crippen molar-refractivity contribution in [3.8, 4) is 5.75 Å². The van der Waals surface area contributed by atoms with Gasteiger partial charge >= 0.3 is 0 Å². The Hall–Kier alpha value is -1.48. The topological polar surface area (TPSA) is 37.0 Å². The number of nitrogens with one attached hydrogen (secondary N) is 2. The molecule has 1 aliphatic heterocycles. The van der Waals surface area contributed by atoms with Gasteiger partial charge in [0, 0.05) is 17.1 Å². The van der Waals surface area contributed by atoms with Crippen molar-refractivity contribution in [3.05, 3.63) is 30.0 Å². The summed E-state index contributed by atoms with van der Waals surface area (Å²) >= 11 is 0. The number of piperidine rings is 1. The fourth-order valence-corrected chi connectivity index (χ4v) is 2.87. The SMILES string of the molecule is COc1cc2cc[nH]c2cc1CC1CCNCC1. The van der Waals surface area contributed by atoms with E-state index in [-0.39, 0.29) is 0 Å². The quantitative estimate of drug-likeness (QED) is 0.871. The maximum absolute atomic E-state index is 5.53. The van der Waals surface area contributed by atoms with Crippen molar-refractivity contribution in [1.29, 1.82) is 0 Å². The van der Waals surface area contributed by atoms with Gasteiger partial charge in [-0.3, -0.25) is 0 Å². The molecule has 0 spiro atoms. The molecule has 0 atom stereocenters. The van der Waals surface area contributed by atoms with Gasteiger partial charge in [0.15, 0.2) is 0 Å². The summed E-state index contributed by atoms with van der Waals surface area (Å²) in [5.41, 5.74) is 2.54. The molecular weight excluding hydrogens is 224 g/mol. The van der Waals surface area contributed by atoms with Gasteiger partial charge in [-0.2, -0.15) is 0 Å². The van der Waals surface area contributed by atoms with Crippen molar-refractivity contribution in [2.45, 2.75) is 19.3 Å². The fourth-order valence-electron chi connectivity index (χ4n) is 2.87. The van der Waals surface area contributed by atoms with Crippen LogP contribution in [0.3, 0.4) is 0 Å². The largest absolute Gasteiger partial charge is 0.496 e. The van der Waals surface area contributed by atoms with Crippen molar-refractivity contribution in [2.75, 3.05) is 20.2 Å². The van der Waals surface area contributed by atoms with Gasteiger partial charge in [0.25, 0.3) is 0 Å². The number of aromatic amines is 1. The van der Waals surface area contributed by atoms with E-state index >= 15 is 0 Å². The maximum Gasteiger partial charge on any atom is 0.122 e. The van der Waals surface area contributed by atoms with Gasteiger partial charge in [-0.25, -0.2) is 0 Å². The minimum absolute atomic E-state index is 0.785. The lowest BCUT2D eigenvalue weighted by atomic mass is 9.90. The van der Waals surface area contributed by atoms with Gasteiger partial charge in [-0.15, -0.1) is 0 Å². The van der Waals surface area contributed by atoms with Gasteiger partial charge in [0.1, 0.15) is 5.75 Å². The van der Waals surface area contributed by atoms with E-state index < -0.39 is 0 Å². The third-order valence-corrected chi connectivity index (χ3v) is 3.92. The Labute approximate surface area is 108 Å². The summed E-state index contributed by atoms with van der Waals surface area (Å²) < 4.78 is 5.53. The van der Waals surface area contributed by atoms with Gasteiger partial charge in [-0.1, -0.05) is 0 Å². The van der Waals surface area contributed by atoms with Crippen LogP contribution in [0.5, 0.6) is 5.75 Å². The molecule has 18 heavy (non-hydrogen) atoms. The highest BCUT2D eigenvalue weighted by molar-refractivity contribution is 5.82. The molecule has 1 saturated heterocycles. The predicted octanol–water partition coefficient (Wildman–Crippen LogP) is 2.72. The average Bonchev–Trinajstić information content (AvgIpc) is 2.86. The van der Waals surface area contributed by atoms with Crippen LogP contribution in [0.2, 0.25) is 0 Å². The molecule has 1 aromatic heterocycles. The van der Waals surface area contributed by atoms with E-state index in [4.69, 9.17) is 4.74 Å². The van der Waals surface area contributed by atoms with E-state index in [1.54, 1.807) is 7.11 Å². The van der Waals surface area contributed by atoms with E-state index in [9.17, 15) is 0 Å². The summed E-state index contributed by atoms with van der Waals surface area (Å²) in [6, 6.07) is 6.48. The molecular formula is C15H20N2O. The Bertz CT molecular complexity index is 526. The summed E-state index contributed by atoms with van der Waals surface area (Å²) in [5.74, 6) is 1.81. The Morgan fingerprint density at radius 1 is 1.28 bits per heavy atom. The molecule has 0 aliphatic carbocycles. The van der Waals surface area contributed by atoms with Crippen LogP contribution < -0.4 is 10.1 Å². The third kappa shape index (κ3) is 2.23. The molecule has 0 amide bonds. The molecule has 3 nitrogen and oxygen atoms in total. The van der Waals surface area contributed by atoms with Crippen LogP contribution >= 0.6 is 0 Å². The Morgan fingerprint density at radius 3 is 2.89 bits per heavy atom. The molecule has 0 saturated carbocycles. The second-order valence-corrected chi connectivity index (χ2v) is 5.13. The van der Waals surface area contributed by atoms with Crippen LogP contribution in [0.15, 0.2) is 24.4 Å². The van der Waals surface area contributed by atoms with Crippen LogP contribution in [0.25, 0.3) is 10.9 Å². The molecule has 0 bridgehead atoms. The first-order chi connectivity index (χ1) is 8.86. The number of ether oxygens (including phenoxy) is 1. The number of benzene rings is 1. The second kappa shape index (κ2) is 5.02. The van der Waals surface area contributed by atoms with E-state index in [1.807, 2.05) is 6.20 Å². The van der Waals surface area contributed by atoms with Crippen molar-refractivity contribution in [1.82, 2.24) is 10.3 Å². The maximum atomic E-state index is 5.53. The van der Waals surface area contributed by atoms with Gasteiger partial charge in [0.05, 0.1) is 7.11 Å². The first-order valence-electron chi connectivity index (χ1n) is 6.71. The summed E-state index contributed by atoms with van der Waals surface area (Å²) in [6.45, 7) is 2.30. The zero-order valence-electron chi connectivity index (χ0n) is 10.8. The second-order valence-electron chi connectivity index (χ2n) is 5.13. The molecule has 1 aliphatic rings. The number of hydrogen-bond acceptors (Lipinski definition) is 2. The highest BCUT2D eigenvalue weighted by Gasteiger charge is 2.16. The van der Waals surface area contributed by atoms with Crippen molar-refractivity contribution >= 4 is 10.9 Å². The van der Waals surface area contributed by atoms with Crippen molar-refractivity contribution < 1.29 is 4.74 Å². The Kier molecular flexibility index (Phi) is 3.24. The third-order valence-electron chi connectivity index (χ3n) is 3.92. The van der Waals surface area contributed by atoms with Crippen LogP contribution in [-0.2, 0) is 6.42 Å². The monoisotopic (exact) mass is 244 g/mol. The minimum Gasteiger partial charge on any atom is -0.496 e. The predicted molar refractivity (Wildman–Crippen MR) is 74.1 cm³/mol. The van der Waals surface area contributed by atoms with Crippen LogP contribution in [-0.4, -0.2) is 25.2 Å². The lowest BCUT2D eigenvalue weighted by Crippen LogP contribution is -2.28. The van der Waals surface area contributed by atoms with Crippen molar-refractivity contribution in [2.24, 2.45) is 5.92 Å². The molecule has 0 unspecified atom stereocenters. The zero-order chi connectivity index (χ0) is 12.4. The lowest BCUT2D eigenvalue weighted by molar-refractivity contribution is 0.361. The van der Waals surface area contributed by atoms with Gasteiger partial charge in [0.2, 0.25) is 0 Å². The standard InChI is InChI=1S/C15H20N2O/c1-18-15-10-12-4-7-17-14(12)9-13(15)8-11-2-5-16-6-3-11/h4,7,9-11,16-17H,2-3,5-6,8H2,1H3. The highest BCUT2D eigenvalue weighted by Crippen LogP contribution is 2.29. The number of fused-ring (bicyclic) bond motifs is 1. The summed E-state index contributed by atoms with van der Waals surface area (Å²) in [7, 11) is 1.76. The summed E-state index contributed by atoms with van der Waals surface area (Å²) in [4.78, 5) is 3.28. The molecule has 2 aromatic rings. The normalized spacial score (nSPS) is 17.2. The zero-order valence-corrected chi connectivity index (χ0v) is 10.8. The summed E-state index contributed by atoms with van der Waals surface area (Å²) in [5, 5.41) is 4.64. The van der Waals surface area contributed by atoms with Gasteiger partial charge in [-0.05, 0) is 62.0 Å². The fraction of sp³-hybridized carbons (Fsp3) is 0.467. The number of hydrogen-bond donors (Lipinski definition) is 2. The molecule has 3 rings (SSSR count). The highest BCUT2D eigenvalue weighted by atomic mass is 16.5. The summed E-state index contributed by atoms with van der Waals surface area (Å²) in [6.07, 6.45) is 5.65. The minimum atomic E-state index is 0.785. The van der Waals surface area contributed by atoms with Crippen LogP contribution in [0.1, 0.15) is 18.4 Å². The van der Waals surface area contributed by atoms with E-state index in [2.05, 4.69) is 28.5 Å². The van der Waals surface area contributed by atoms with E-state index in [0.717, 1.165) is 31.2 Å². The van der Waals surface area contributed by atoms with E-state index in [0.29, 0.717) is 0 Å². The number of methoxy groups -OCH3 is 1. The molecule has 2 heterocycles. The van der Waals surface area contributed by atoms with E-state index in [1.165, 1.54) is 29.3 Å². The Balaban J connectivity index is 1.88. The molecule has 1 aromatic carbocycles. The number of rotatable bonds is 3. The number of aromatic nitrogens is 1. The van der Waals surface area contributed by atoms with Gasteiger partial charge < -0.3 is 15.0 Å². The number of H-pyrrole nitrogens is 1. The molecule has 0 radical (unpaired) electrons. The molecule has 1 fully saturated rings. The van der Waals surface area contributed by atoms with Crippen molar-refractivity contribution in [3.63, 3.8) is 0 Å². The lowest BCUT2D eigenvalue weighted by Gasteiger charge is -2.23.